The maximum absolute atomic E-state index is 14.6. The Balaban J connectivity index is 1.57. The minimum Gasteiger partial charge on any atom is -0.371 e. The number of anilines is 3. The molecule has 0 fully saturated rings. The highest BCUT2D eigenvalue weighted by atomic mass is 19.1. The molecule has 0 spiro atoms. The molecule has 1 aliphatic rings. The van der Waals surface area contributed by atoms with Crippen LogP contribution in [0.3, 0.4) is 0 Å². The number of aromatic nitrogens is 3. The van der Waals surface area contributed by atoms with Gasteiger partial charge in [-0.05, 0) is 31.7 Å². The lowest BCUT2D eigenvalue weighted by molar-refractivity contribution is 0.257. The number of rotatable bonds is 9. The van der Waals surface area contributed by atoms with Crippen LogP contribution in [0.4, 0.5) is 26.4 Å². The van der Waals surface area contributed by atoms with Crippen molar-refractivity contribution in [3.63, 3.8) is 0 Å². The number of nitrogens with one attached hydrogen (secondary N) is 1. The number of unbranched alkanes of at least 4 members (excludes halogenated alkanes) is 2. The van der Waals surface area contributed by atoms with Gasteiger partial charge in [0.05, 0.1) is 11.4 Å². The van der Waals surface area contributed by atoms with Gasteiger partial charge in [0.2, 0.25) is 0 Å². The molecule has 2 amide bonds. The van der Waals surface area contributed by atoms with E-state index >= 15 is 0 Å². The highest BCUT2D eigenvalue weighted by molar-refractivity contribution is 6.03. The van der Waals surface area contributed by atoms with Crippen LogP contribution < -0.4 is 15.1 Å². The Morgan fingerprint density at radius 1 is 1.29 bits per heavy atom. The molecule has 0 bridgehead atoms. The highest BCUT2D eigenvalue weighted by Crippen LogP contribution is 2.35. The molecule has 0 aromatic carbocycles. The van der Waals surface area contributed by atoms with E-state index in [0.29, 0.717) is 23.9 Å². The minimum atomic E-state index is -0.511. The molecule has 0 radical (unpaired) electrons. The molecule has 4 rings (SSSR count). The van der Waals surface area contributed by atoms with Gasteiger partial charge >= 0.3 is 6.03 Å². The summed E-state index contributed by atoms with van der Waals surface area (Å²) in [5.74, 6) is 0.735. The lowest BCUT2D eigenvalue weighted by Gasteiger charge is -2.29. The van der Waals surface area contributed by atoms with Crippen molar-refractivity contribution in [2.75, 3.05) is 34.8 Å². The summed E-state index contributed by atoms with van der Waals surface area (Å²) in [6, 6.07) is 3.03. The minimum absolute atomic E-state index is 0.123. The van der Waals surface area contributed by atoms with Crippen LogP contribution in [0, 0.1) is 18.7 Å². The fraction of sp³-hybridized carbons (Fsp3) is 0.500. The Morgan fingerprint density at radius 2 is 2.12 bits per heavy atom. The molecule has 4 heterocycles. The molecule has 1 aliphatic heterocycles. The van der Waals surface area contributed by atoms with Gasteiger partial charge in [0, 0.05) is 55.5 Å². The molecular weight excluding hydrogens is 431 g/mol. The Kier molecular flexibility index (Phi) is 7.34. The van der Waals surface area contributed by atoms with Gasteiger partial charge in [-0.1, -0.05) is 40.0 Å². The number of carbonyl (C=O) groups excluding carboxylic acids is 1. The predicted molar refractivity (Wildman–Crippen MR) is 135 cm³/mol. The van der Waals surface area contributed by atoms with Crippen LogP contribution in [0.1, 0.15) is 57.7 Å². The fourth-order valence-electron chi connectivity index (χ4n) is 4.55. The van der Waals surface area contributed by atoms with Crippen molar-refractivity contribution in [2.45, 2.75) is 59.8 Å². The van der Waals surface area contributed by atoms with Gasteiger partial charge in [0.25, 0.3) is 0 Å². The number of pyridine rings is 2. The molecule has 0 saturated heterocycles. The van der Waals surface area contributed by atoms with Crippen molar-refractivity contribution < 1.29 is 9.18 Å². The van der Waals surface area contributed by atoms with Gasteiger partial charge in [-0.3, -0.25) is 4.90 Å². The van der Waals surface area contributed by atoms with E-state index in [0.717, 1.165) is 49.3 Å². The Hall–Kier alpha value is -3.16. The van der Waals surface area contributed by atoms with Crippen molar-refractivity contribution in [3.05, 3.63) is 47.8 Å². The first-order valence-corrected chi connectivity index (χ1v) is 12.4. The van der Waals surface area contributed by atoms with E-state index in [1.54, 1.807) is 27.9 Å². The first kappa shape index (κ1) is 24.0. The van der Waals surface area contributed by atoms with Crippen molar-refractivity contribution in [1.82, 2.24) is 14.4 Å². The van der Waals surface area contributed by atoms with Gasteiger partial charge in [0.15, 0.2) is 5.82 Å². The zero-order chi connectivity index (χ0) is 24.2. The van der Waals surface area contributed by atoms with Crippen molar-refractivity contribution >= 4 is 28.9 Å². The number of amides is 2. The summed E-state index contributed by atoms with van der Waals surface area (Å²) in [6.07, 6.45) is 10.5. The summed E-state index contributed by atoms with van der Waals surface area (Å²) < 4.78 is 16.3. The Bertz CT molecular complexity index is 1160. The molecule has 1 atom stereocenters. The number of carbonyl (C=O) groups is 1. The third-order valence-electron chi connectivity index (χ3n) is 6.60. The number of imidazole rings is 1. The van der Waals surface area contributed by atoms with Crippen LogP contribution >= 0.6 is 0 Å². The summed E-state index contributed by atoms with van der Waals surface area (Å²) in [5.41, 5.74) is 3.68. The number of hydrogen-bond donors (Lipinski definition) is 1. The second kappa shape index (κ2) is 10.4. The zero-order valence-corrected chi connectivity index (χ0v) is 20.6. The summed E-state index contributed by atoms with van der Waals surface area (Å²) in [7, 11) is 0. The van der Waals surface area contributed by atoms with Crippen molar-refractivity contribution in [1.29, 1.82) is 0 Å². The number of urea groups is 1. The summed E-state index contributed by atoms with van der Waals surface area (Å²) in [4.78, 5) is 26.0. The second-order valence-electron chi connectivity index (χ2n) is 9.31. The van der Waals surface area contributed by atoms with E-state index in [4.69, 9.17) is 0 Å². The van der Waals surface area contributed by atoms with Gasteiger partial charge in [-0.2, -0.15) is 0 Å². The molecular formula is C26H35FN6O. The summed E-state index contributed by atoms with van der Waals surface area (Å²) in [5, 5.41) is 2.74. The van der Waals surface area contributed by atoms with Crippen LogP contribution in [-0.4, -0.2) is 40.0 Å². The number of nitrogens with zero attached hydrogens (tertiary/aromatic N) is 5. The average molecular weight is 467 g/mol. The molecule has 1 unspecified atom stereocenters. The summed E-state index contributed by atoms with van der Waals surface area (Å²) in [6.45, 7) is 11.1. The molecule has 0 saturated carbocycles. The molecule has 34 heavy (non-hydrogen) atoms. The highest BCUT2D eigenvalue weighted by Gasteiger charge is 2.30. The first-order valence-electron chi connectivity index (χ1n) is 12.4. The van der Waals surface area contributed by atoms with Gasteiger partial charge in [0.1, 0.15) is 11.5 Å². The van der Waals surface area contributed by atoms with E-state index in [1.165, 1.54) is 18.9 Å². The Labute approximate surface area is 201 Å². The maximum Gasteiger partial charge on any atom is 0.327 e. The average Bonchev–Trinajstić information content (AvgIpc) is 3.41. The van der Waals surface area contributed by atoms with E-state index in [2.05, 4.69) is 47.0 Å². The third-order valence-corrected chi connectivity index (χ3v) is 6.60. The smallest absolute Gasteiger partial charge is 0.327 e. The van der Waals surface area contributed by atoms with Gasteiger partial charge in [-0.15, -0.1) is 0 Å². The topological polar surface area (TPSA) is 65.8 Å². The molecule has 8 heteroatoms. The molecule has 7 nitrogen and oxygen atoms in total. The van der Waals surface area contributed by atoms with Crippen LogP contribution in [-0.2, 0) is 6.42 Å². The van der Waals surface area contributed by atoms with Crippen LogP contribution in [0.15, 0.2) is 30.7 Å². The van der Waals surface area contributed by atoms with Crippen molar-refractivity contribution in [3.8, 4) is 0 Å². The Morgan fingerprint density at radius 3 is 2.88 bits per heavy atom. The van der Waals surface area contributed by atoms with E-state index in [-0.39, 0.29) is 11.7 Å². The standard InChI is InChI=1S/C26H35FN6O/c1-5-7-8-12-31(15-18(3)6-2)23-9-11-28-25-20(23)10-13-33(25)26(34)30-22-17-32-16-19(4)29-24(32)14-21(22)27/h9,11,14,16-18H,5-8,10,12-13,15H2,1-4H3,(H,30,34). The first-order chi connectivity index (χ1) is 16.4. The summed E-state index contributed by atoms with van der Waals surface area (Å²) >= 11 is 0. The van der Waals surface area contributed by atoms with E-state index < -0.39 is 5.82 Å². The normalized spacial score (nSPS) is 13.9. The maximum atomic E-state index is 14.6. The number of fused-ring (bicyclic) bond motifs is 2. The van der Waals surface area contributed by atoms with Crippen LogP contribution in [0.2, 0.25) is 0 Å². The SMILES string of the molecule is CCCCCN(CC(C)CC)c1ccnc2c1CCN2C(=O)Nc1cn2cc(C)nc2cc1F. The lowest BCUT2D eigenvalue weighted by Crippen LogP contribution is -2.34. The number of hydrogen-bond acceptors (Lipinski definition) is 4. The molecule has 1 N–H and O–H groups in total. The molecule has 3 aromatic heterocycles. The molecule has 182 valence electrons. The zero-order valence-electron chi connectivity index (χ0n) is 20.6. The predicted octanol–water partition coefficient (Wildman–Crippen LogP) is 5.81. The van der Waals surface area contributed by atoms with Gasteiger partial charge < -0.3 is 14.6 Å². The van der Waals surface area contributed by atoms with E-state index in [9.17, 15) is 9.18 Å². The quantitative estimate of drug-likeness (QED) is 0.404. The molecule has 0 aliphatic carbocycles. The third kappa shape index (κ3) is 5.00. The number of aryl methyl sites for hydroxylation is 1. The van der Waals surface area contributed by atoms with Gasteiger partial charge in [-0.25, -0.2) is 19.2 Å². The van der Waals surface area contributed by atoms with Crippen LogP contribution in [0.25, 0.3) is 5.65 Å². The monoisotopic (exact) mass is 466 g/mol. The second-order valence-corrected chi connectivity index (χ2v) is 9.31. The van der Waals surface area contributed by atoms with Crippen LogP contribution in [0.5, 0.6) is 0 Å². The largest absolute Gasteiger partial charge is 0.371 e. The number of halogens is 1. The fourth-order valence-corrected chi connectivity index (χ4v) is 4.55. The van der Waals surface area contributed by atoms with Crippen molar-refractivity contribution in [2.24, 2.45) is 5.92 Å². The molecule has 3 aromatic rings. The lowest BCUT2D eigenvalue weighted by atomic mass is 10.1. The van der Waals surface area contributed by atoms with E-state index in [1.807, 2.05) is 6.92 Å².